The van der Waals surface area contributed by atoms with Crippen LogP contribution in [0.1, 0.15) is 0 Å². The number of rotatable bonds is 9. The number of hydrogen-bond acceptors (Lipinski definition) is 4. The zero-order valence-corrected chi connectivity index (χ0v) is 11.6. The van der Waals surface area contributed by atoms with Gasteiger partial charge in [-0.05, 0) is 12.6 Å². The Morgan fingerprint density at radius 2 is 1.87 bits per heavy atom. The van der Waals surface area contributed by atoms with Gasteiger partial charge in [-0.3, -0.25) is 14.5 Å². The van der Waals surface area contributed by atoms with Gasteiger partial charge in [0.15, 0.2) is 0 Å². The third-order valence-electron chi connectivity index (χ3n) is 1.68. The van der Waals surface area contributed by atoms with Crippen LogP contribution in [-0.4, -0.2) is 72.0 Å². The van der Waals surface area contributed by atoms with Crippen molar-refractivity contribution in [3.63, 3.8) is 0 Å². The molecule has 86 valence electrons. The van der Waals surface area contributed by atoms with Crippen molar-refractivity contribution in [3.8, 4) is 0 Å². The number of carboxylic acid groups (broad SMARTS) is 2. The summed E-state index contributed by atoms with van der Waals surface area (Å²) in [7, 11) is -0.565. The van der Waals surface area contributed by atoms with E-state index in [1.807, 2.05) is 5.79 Å². The van der Waals surface area contributed by atoms with E-state index in [-0.39, 0.29) is 28.6 Å². The highest BCUT2D eigenvalue weighted by Gasteiger charge is 2.12. The Kier molecular flexibility index (Phi) is 8.65. The van der Waals surface area contributed by atoms with E-state index in [4.69, 9.17) is 13.7 Å². The summed E-state index contributed by atoms with van der Waals surface area (Å²) >= 11 is -0.364. The summed E-state index contributed by atoms with van der Waals surface area (Å²) in [6.45, 7) is 0.0632. The minimum absolute atomic E-state index is 0.218. The molecule has 0 saturated carbocycles. The second kappa shape index (κ2) is 8.88. The van der Waals surface area contributed by atoms with Gasteiger partial charge in [0.25, 0.3) is 0 Å². The van der Waals surface area contributed by atoms with Gasteiger partial charge in [-0.15, -0.1) is 0 Å². The molecule has 0 aromatic carbocycles. The van der Waals surface area contributed by atoms with Crippen LogP contribution in [-0.2, 0) is 13.1 Å². The van der Waals surface area contributed by atoms with E-state index in [0.29, 0.717) is 6.54 Å². The molecular formula is C7H16AlNO5Si. The zero-order chi connectivity index (χ0) is 11.7. The molecule has 0 aromatic heterocycles. The van der Waals surface area contributed by atoms with Gasteiger partial charge < -0.3 is 13.7 Å². The van der Waals surface area contributed by atoms with Crippen LogP contribution in [0.4, 0.5) is 0 Å². The van der Waals surface area contributed by atoms with E-state index in [2.05, 4.69) is 0 Å². The summed E-state index contributed by atoms with van der Waals surface area (Å²) in [6.07, 6.45) is 0. The van der Waals surface area contributed by atoms with Crippen molar-refractivity contribution in [2.24, 2.45) is 0 Å². The van der Waals surface area contributed by atoms with E-state index in [1.54, 1.807) is 0 Å². The van der Waals surface area contributed by atoms with Crippen LogP contribution in [0.2, 0.25) is 11.8 Å². The molecule has 0 radical (unpaired) electrons. The Balaban J connectivity index is 3.79. The summed E-state index contributed by atoms with van der Waals surface area (Å²) in [6, 6.07) is 0.807. The Labute approximate surface area is 97.2 Å². The Bertz CT molecular complexity index is 200. The minimum Gasteiger partial charge on any atom is -0.552 e. The summed E-state index contributed by atoms with van der Waals surface area (Å²) in [5.74, 6) is 0.0478. The van der Waals surface area contributed by atoms with Crippen molar-refractivity contribution in [2.75, 3.05) is 19.6 Å². The lowest BCUT2D eigenvalue weighted by atomic mass is 10.4. The highest BCUT2D eigenvalue weighted by Crippen LogP contribution is 1.92. The average molecular weight is 249 g/mol. The van der Waals surface area contributed by atoms with Crippen molar-refractivity contribution in [3.05, 3.63) is 0 Å². The maximum absolute atomic E-state index is 10.4. The van der Waals surface area contributed by atoms with Crippen LogP contribution in [0.15, 0.2) is 0 Å². The second-order valence-corrected chi connectivity index (χ2v) is 6.37. The first-order chi connectivity index (χ1) is 7.06. The predicted molar refractivity (Wildman–Crippen MR) is 59.2 cm³/mol. The number of nitrogens with zero attached hydrogens (tertiary/aromatic N) is 1. The first-order valence-electron chi connectivity index (χ1n) is 4.80. The predicted octanol–water partition coefficient (Wildman–Crippen LogP) is -1.62. The van der Waals surface area contributed by atoms with Crippen molar-refractivity contribution in [1.29, 1.82) is 0 Å². The van der Waals surface area contributed by atoms with Crippen molar-refractivity contribution in [2.45, 2.75) is 11.8 Å². The van der Waals surface area contributed by atoms with Gasteiger partial charge in [-0.1, -0.05) is 5.79 Å². The second-order valence-electron chi connectivity index (χ2n) is 3.05. The molecule has 0 bridgehead atoms. The number of aliphatic carboxylic acids is 2. The zero-order valence-electron chi connectivity index (χ0n) is 8.81. The van der Waals surface area contributed by atoms with Gasteiger partial charge in [0, 0.05) is 0 Å². The third kappa shape index (κ3) is 9.90. The molecule has 0 amide bonds. The Morgan fingerprint density at radius 3 is 2.27 bits per heavy atom. The van der Waals surface area contributed by atoms with Gasteiger partial charge in [0.05, 0.1) is 13.1 Å². The fourth-order valence-electron chi connectivity index (χ4n) is 1.13. The molecule has 0 aromatic rings. The largest absolute Gasteiger partial charge is 0.552 e. The normalized spacial score (nSPS) is 11.1. The van der Waals surface area contributed by atoms with E-state index in [0.717, 1.165) is 6.04 Å². The van der Waals surface area contributed by atoms with Crippen molar-refractivity contribution in [1.82, 2.24) is 4.90 Å². The highest BCUT2D eigenvalue weighted by molar-refractivity contribution is 6.41. The summed E-state index contributed by atoms with van der Waals surface area (Å²) in [5.41, 5.74) is 0. The molecule has 0 fully saturated rings. The maximum Gasteiger partial charge on any atom is 0.420 e. The van der Waals surface area contributed by atoms with Crippen molar-refractivity contribution >= 4 is 37.3 Å². The van der Waals surface area contributed by atoms with E-state index >= 15 is 0 Å². The lowest BCUT2D eigenvalue weighted by Gasteiger charge is -2.17. The Morgan fingerprint density at radius 1 is 1.33 bits per heavy atom. The molecule has 0 spiro atoms. The van der Waals surface area contributed by atoms with Crippen molar-refractivity contribution < 1.29 is 23.3 Å². The summed E-state index contributed by atoms with van der Waals surface area (Å²) in [4.78, 5) is 22.3. The molecule has 0 aliphatic carbocycles. The molecule has 0 rings (SSSR count). The van der Waals surface area contributed by atoms with Gasteiger partial charge in [-0.2, -0.15) is 0 Å². The average Bonchev–Trinajstić information content (AvgIpc) is 2.10. The Hall–Kier alpha value is -0.391. The molecule has 15 heavy (non-hydrogen) atoms. The molecule has 0 aliphatic rings. The molecule has 0 atom stereocenters. The highest BCUT2D eigenvalue weighted by atomic mass is 28.2. The molecule has 0 unspecified atom stereocenters. The molecule has 0 aliphatic heterocycles. The SMILES string of the molecule is [CH3][AlH][O][SiH2]CCN(CC(=O)O)CC(=O)O. The molecule has 0 saturated heterocycles. The molecule has 0 heterocycles. The third-order valence-corrected chi connectivity index (χ3v) is 5.08. The first-order valence-corrected chi connectivity index (χ1v) is 8.36. The molecule has 2 N–H and O–H groups in total. The van der Waals surface area contributed by atoms with Gasteiger partial charge in [0.1, 0.15) is 9.76 Å². The van der Waals surface area contributed by atoms with Gasteiger partial charge in [-0.25, -0.2) is 0 Å². The number of carboxylic acids is 2. The van der Waals surface area contributed by atoms with Gasteiger partial charge in [0.2, 0.25) is 0 Å². The standard InChI is InChI=1S/C6H12NO5Si.CH3.Al.H/c8-5(9)3-7(1-2-13-12)4-6(10)11;;;/h1-4,13H2,(H,8,9)(H,10,11);1H3;;/q-1;;+1;. The van der Waals surface area contributed by atoms with Crippen LogP contribution in [0, 0.1) is 0 Å². The lowest BCUT2D eigenvalue weighted by Crippen LogP contribution is -2.35. The van der Waals surface area contributed by atoms with Crippen LogP contribution in [0.3, 0.4) is 0 Å². The minimum atomic E-state index is -0.997. The summed E-state index contributed by atoms with van der Waals surface area (Å²) < 4.78 is 5.35. The van der Waals surface area contributed by atoms with Crippen LogP contribution in [0.25, 0.3) is 0 Å². The monoisotopic (exact) mass is 249 g/mol. The molecular weight excluding hydrogens is 233 g/mol. The van der Waals surface area contributed by atoms with Crippen LogP contribution < -0.4 is 0 Å². The number of hydrogen-bond donors (Lipinski definition) is 2. The topological polar surface area (TPSA) is 87.1 Å². The van der Waals surface area contributed by atoms with Gasteiger partial charge >= 0.3 is 27.5 Å². The molecule has 6 nitrogen and oxygen atoms in total. The fraction of sp³-hybridized carbons (Fsp3) is 0.714. The smallest absolute Gasteiger partial charge is 0.420 e. The van der Waals surface area contributed by atoms with Crippen LogP contribution in [0.5, 0.6) is 0 Å². The fourth-order valence-corrected chi connectivity index (χ4v) is 3.68. The summed E-state index contributed by atoms with van der Waals surface area (Å²) in [5, 5.41) is 17.1. The quantitative estimate of drug-likeness (QED) is 0.377. The maximum atomic E-state index is 10.4. The van der Waals surface area contributed by atoms with E-state index in [9.17, 15) is 9.59 Å². The lowest BCUT2D eigenvalue weighted by molar-refractivity contribution is -0.141. The van der Waals surface area contributed by atoms with E-state index in [1.165, 1.54) is 4.90 Å². The van der Waals surface area contributed by atoms with E-state index < -0.39 is 21.7 Å². The number of carbonyl (C=O) groups is 2. The molecule has 8 heteroatoms. The first kappa shape index (κ1) is 14.6. The van der Waals surface area contributed by atoms with Crippen LogP contribution >= 0.6 is 0 Å².